The van der Waals surface area contributed by atoms with Gasteiger partial charge in [0.25, 0.3) is 17.7 Å². The number of anilines is 2. The van der Waals surface area contributed by atoms with Crippen molar-refractivity contribution in [1.82, 2.24) is 45.3 Å². The molecule has 5 amide bonds. The molecule has 3 aromatic carbocycles. The van der Waals surface area contributed by atoms with Crippen LogP contribution < -0.4 is 26.0 Å². The van der Waals surface area contributed by atoms with Crippen LogP contribution in [0.15, 0.2) is 82.2 Å². The molecule has 2 fully saturated rings. The minimum absolute atomic E-state index is 0.0467. The number of sulfonamides is 1. The van der Waals surface area contributed by atoms with E-state index in [2.05, 4.69) is 40.4 Å². The van der Waals surface area contributed by atoms with Crippen LogP contribution in [0.4, 0.5) is 11.5 Å². The van der Waals surface area contributed by atoms with E-state index in [9.17, 15) is 32.4 Å². The predicted molar refractivity (Wildman–Crippen MR) is 234 cm³/mol. The van der Waals surface area contributed by atoms with Gasteiger partial charge >= 0.3 is 0 Å². The highest BCUT2D eigenvalue weighted by Gasteiger charge is 2.45. The largest absolute Gasteiger partial charge is 0.414 e. The lowest BCUT2D eigenvalue weighted by molar-refractivity contribution is -0.136. The standard InChI is InChI=1S/C44H47N11O8S/c1-46-25-27-7-9-29(10-8-27)41-51-52-42(63-41)38-39(45)47-26-34(49-38)28-11-14-31(15-12-28)64(61,62)48-19-5-3-2-4-6-37(57)54-22-20-53(21-23-54)30-13-16-32-33(24-30)44(60)55(43(32)59)35-17-18-36(56)50-40(35)58/h7-16,24,26,35,46,48H,2-6,17-23,25H2,1H3,(H2,45,47)(H,50,56,58). The normalized spacial score (nSPS) is 16.6. The van der Waals surface area contributed by atoms with E-state index in [-0.39, 0.29) is 58.7 Å². The van der Waals surface area contributed by atoms with Gasteiger partial charge in [0.05, 0.1) is 27.9 Å². The number of hydrogen-bond donors (Lipinski definition) is 4. The summed E-state index contributed by atoms with van der Waals surface area (Å²) in [7, 11) is -1.90. The van der Waals surface area contributed by atoms with Crippen LogP contribution in [0.2, 0.25) is 0 Å². The molecule has 2 aromatic heterocycles. The number of benzene rings is 3. The molecule has 5 aromatic rings. The van der Waals surface area contributed by atoms with Gasteiger partial charge in [-0.05, 0) is 74.3 Å². The molecule has 2 saturated heterocycles. The molecule has 0 aliphatic carbocycles. The van der Waals surface area contributed by atoms with Crippen LogP contribution in [0.25, 0.3) is 34.3 Å². The van der Waals surface area contributed by atoms with Crippen LogP contribution >= 0.6 is 0 Å². The van der Waals surface area contributed by atoms with E-state index in [4.69, 9.17) is 10.2 Å². The van der Waals surface area contributed by atoms with Crippen molar-refractivity contribution in [3.8, 4) is 34.3 Å². The fraction of sp³-hybridized carbons (Fsp3) is 0.341. The first kappa shape index (κ1) is 43.7. The molecule has 1 atom stereocenters. The predicted octanol–water partition coefficient (Wildman–Crippen LogP) is 3.14. The number of piperazine rings is 1. The molecule has 0 saturated carbocycles. The number of nitrogens with one attached hydrogen (secondary N) is 3. The first-order valence-corrected chi connectivity index (χ1v) is 22.6. The Balaban J connectivity index is 0.751. The van der Waals surface area contributed by atoms with E-state index >= 15 is 0 Å². The van der Waals surface area contributed by atoms with E-state index < -0.39 is 39.7 Å². The highest BCUT2D eigenvalue weighted by molar-refractivity contribution is 7.89. The number of unbranched alkanes of at least 4 members (excludes halogenated alkanes) is 3. The summed E-state index contributed by atoms with van der Waals surface area (Å²) in [6.07, 6.45) is 4.79. The molecule has 0 spiro atoms. The number of fused-ring (bicyclic) bond motifs is 1. The highest BCUT2D eigenvalue weighted by Crippen LogP contribution is 2.32. The number of carbonyl (C=O) groups is 5. The van der Waals surface area contributed by atoms with Crippen LogP contribution in [0.1, 0.15) is 71.2 Å². The molecule has 5 heterocycles. The minimum atomic E-state index is -3.78. The Morgan fingerprint density at radius 1 is 0.859 bits per heavy atom. The van der Waals surface area contributed by atoms with Crippen LogP contribution in [0, 0.1) is 0 Å². The summed E-state index contributed by atoms with van der Waals surface area (Å²) < 4.78 is 34.7. The summed E-state index contributed by atoms with van der Waals surface area (Å²) in [6.45, 7) is 3.05. The van der Waals surface area contributed by atoms with Gasteiger partial charge in [0.1, 0.15) is 6.04 Å². The van der Waals surface area contributed by atoms with Crippen molar-refractivity contribution in [2.24, 2.45) is 0 Å². The molecule has 0 bridgehead atoms. The summed E-state index contributed by atoms with van der Waals surface area (Å²) in [4.78, 5) is 77.1. The van der Waals surface area contributed by atoms with Gasteiger partial charge < -0.3 is 25.3 Å². The molecular weight excluding hydrogens is 843 g/mol. The molecule has 8 rings (SSSR count). The number of imide groups is 2. The quantitative estimate of drug-likeness (QED) is 0.0820. The lowest BCUT2D eigenvalue weighted by atomic mass is 10.0. The van der Waals surface area contributed by atoms with E-state index in [0.717, 1.165) is 41.1 Å². The molecule has 332 valence electrons. The molecular formula is C44H47N11O8S. The van der Waals surface area contributed by atoms with Gasteiger partial charge in [-0.25, -0.2) is 23.1 Å². The Bertz CT molecular complexity index is 2700. The maximum absolute atomic E-state index is 13.3. The summed E-state index contributed by atoms with van der Waals surface area (Å²) >= 11 is 0. The third-order valence-corrected chi connectivity index (χ3v) is 13.0. The van der Waals surface area contributed by atoms with Crippen LogP contribution in [0.5, 0.6) is 0 Å². The molecule has 0 radical (unpaired) electrons. The maximum Gasteiger partial charge on any atom is 0.270 e. The zero-order valence-corrected chi connectivity index (χ0v) is 35.9. The lowest BCUT2D eigenvalue weighted by Crippen LogP contribution is -2.54. The maximum atomic E-state index is 13.3. The first-order valence-electron chi connectivity index (χ1n) is 21.1. The molecule has 3 aliphatic heterocycles. The third-order valence-electron chi connectivity index (χ3n) is 11.5. The van der Waals surface area contributed by atoms with Crippen molar-refractivity contribution in [3.05, 3.63) is 89.6 Å². The summed E-state index contributed by atoms with van der Waals surface area (Å²) in [5, 5.41) is 13.6. The Morgan fingerprint density at radius 3 is 2.30 bits per heavy atom. The van der Waals surface area contributed by atoms with E-state index in [0.29, 0.717) is 62.6 Å². The number of piperidine rings is 1. The van der Waals surface area contributed by atoms with E-state index in [1.807, 2.05) is 36.2 Å². The SMILES string of the molecule is CNCc1ccc(-c2nnc(-c3nc(-c4ccc(S(=O)(=O)NCCCCCCC(=O)N5CCN(c6ccc7c(c6)C(=O)N(C6CCC(=O)NC6=O)C7=O)CC5)cc4)cnc3N)o2)cc1. The van der Waals surface area contributed by atoms with Gasteiger partial charge in [-0.2, -0.15) is 0 Å². The zero-order valence-electron chi connectivity index (χ0n) is 35.1. The number of amides is 5. The Kier molecular flexibility index (Phi) is 12.9. The molecule has 1 unspecified atom stereocenters. The lowest BCUT2D eigenvalue weighted by Gasteiger charge is -2.36. The van der Waals surface area contributed by atoms with Crippen molar-refractivity contribution in [3.63, 3.8) is 0 Å². The molecule has 3 aliphatic rings. The van der Waals surface area contributed by atoms with E-state index in [1.165, 1.54) is 18.3 Å². The van der Waals surface area contributed by atoms with Gasteiger partial charge in [-0.1, -0.05) is 37.1 Å². The smallest absolute Gasteiger partial charge is 0.270 e. The van der Waals surface area contributed by atoms with Gasteiger partial charge in [0, 0.05) is 68.9 Å². The Labute approximate surface area is 368 Å². The fourth-order valence-corrected chi connectivity index (χ4v) is 9.05. The van der Waals surface area contributed by atoms with Crippen molar-refractivity contribution >= 4 is 51.1 Å². The fourth-order valence-electron chi connectivity index (χ4n) is 7.98. The number of rotatable bonds is 16. The molecule has 64 heavy (non-hydrogen) atoms. The summed E-state index contributed by atoms with van der Waals surface area (Å²) in [6, 6.07) is 18.0. The number of nitrogens with two attached hydrogens (primary N) is 1. The van der Waals surface area contributed by atoms with E-state index in [1.54, 1.807) is 30.3 Å². The monoisotopic (exact) mass is 889 g/mol. The van der Waals surface area contributed by atoms with Gasteiger partial charge in [0.2, 0.25) is 33.6 Å². The summed E-state index contributed by atoms with van der Waals surface area (Å²) in [5.74, 6) is -1.64. The third kappa shape index (κ3) is 9.38. The van der Waals surface area contributed by atoms with Gasteiger partial charge in [-0.15, -0.1) is 10.2 Å². The highest BCUT2D eigenvalue weighted by atomic mass is 32.2. The molecule has 20 heteroatoms. The average molecular weight is 890 g/mol. The molecule has 19 nitrogen and oxygen atoms in total. The number of aromatic nitrogens is 4. The van der Waals surface area contributed by atoms with Crippen LogP contribution in [-0.4, -0.2) is 114 Å². The Morgan fingerprint density at radius 2 is 1.56 bits per heavy atom. The minimum Gasteiger partial charge on any atom is -0.414 e. The zero-order chi connectivity index (χ0) is 45.0. The average Bonchev–Trinajstić information content (AvgIpc) is 3.89. The first-order chi connectivity index (χ1) is 30.9. The Hall–Kier alpha value is -6.90. The van der Waals surface area contributed by atoms with Crippen molar-refractivity contribution < 1.29 is 36.8 Å². The van der Waals surface area contributed by atoms with Crippen LogP contribution in [0.3, 0.4) is 0 Å². The second-order valence-electron chi connectivity index (χ2n) is 15.8. The molecule has 5 N–H and O–H groups in total. The number of nitrogen functional groups attached to an aromatic ring is 1. The topological polar surface area (TPSA) is 256 Å². The number of nitrogens with zero attached hydrogens (tertiary/aromatic N) is 7. The van der Waals surface area contributed by atoms with Crippen molar-refractivity contribution in [2.75, 3.05) is 50.4 Å². The van der Waals surface area contributed by atoms with Crippen molar-refractivity contribution in [2.45, 2.75) is 62.4 Å². The van der Waals surface area contributed by atoms with Crippen LogP contribution in [-0.2, 0) is 31.0 Å². The van der Waals surface area contributed by atoms with Gasteiger partial charge in [0.15, 0.2) is 11.5 Å². The summed E-state index contributed by atoms with van der Waals surface area (Å²) in [5.41, 5.74) is 10.4. The second kappa shape index (κ2) is 18.8. The second-order valence-corrected chi connectivity index (χ2v) is 17.5. The van der Waals surface area contributed by atoms with Gasteiger partial charge in [-0.3, -0.25) is 34.2 Å². The number of hydrogen-bond acceptors (Lipinski definition) is 15. The number of carbonyl (C=O) groups excluding carboxylic acids is 5. The van der Waals surface area contributed by atoms with Crippen molar-refractivity contribution in [1.29, 1.82) is 0 Å².